The summed E-state index contributed by atoms with van der Waals surface area (Å²) in [7, 11) is 3.90. The van der Waals surface area contributed by atoms with Gasteiger partial charge >= 0.3 is 0 Å². The Morgan fingerprint density at radius 1 is 1.37 bits per heavy atom. The van der Waals surface area contributed by atoms with Gasteiger partial charge in [-0.15, -0.1) is 0 Å². The lowest BCUT2D eigenvalue weighted by Crippen LogP contribution is -2.51. The Hall–Kier alpha value is -1.26. The Bertz CT molecular complexity index is 434. The molecular weight excluding hydrogens is 238 g/mol. The van der Waals surface area contributed by atoms with Gasteiger partial charge in [-0.05, 0) is 44.2 Å². The van der Waals surface area contributed by atoms with Gasteiger partial charge in [-0.2, -0.15) is 0 Å². The van der Waals surface area contributed by atoms with Crippen LogP contribution < -0.4 is 15.4 Å². The van der Waals surface area contributed by atoms with Crippen molar-refractivity contribution < 1.29 is 4.74 Å². The van der Waals surface area contributed by atoms with Crippen molar-refractivity contribution in [3.05, 3.63) is 23.3 Å². The molecular formula is C15H25N3O. The Morgan fingerprint density at radius 3 is 2.79 bits per heavy atom. The topological polar surface area (TPSA) is 36.5 Å². The highest BCUT2D eigenvalue weighted by Crippen LogP contribution is 2.27. The molecule has 0 radical (unpaired) electrons. The molecule has 2 rings (SSSR count). The van der Waals surface area contributed by atoms with Gasteiger partial charge in [0.2, 0.25) is 0 Å². The number of nitrogens with zero attached hydrogens (tertiary/aromatic N) is 1. The number of hydrogen-bond donors (Lipinski definition) is 2. The molecule has 1 aliphatic rings. The summed E-state index contributed by atoms with van der Waals surface area (Å²) < 4.78 is 5.45. The molecule has 4 nitrogen and oxygen atoms in total. The molecule has 0 bridgehead atoms. The second kappa shape index (κ2) is 6.26. The molecule has 1 fully saturated rings. The van der Waals surface area contributed by atoms with Crippen molar-refractivity contribution >= 4 is 5.69 Å². The van der Waals surface area contributed by atoms with Gasteiger partial charge in [0.25, 0.3) is 0 Å². The van der Waals surface area contributed by atoms with Crippen molar-refractivity contribution in [2.45, 2.75) is 19.9 Å². The van der Waals surface area contributed by atoms with Crippen LogP contribution in [0.5, 0.6) is 5.75 Å². The van der Waals surface area contributed by atoms with E-state index in [1.165, 1.54) is 11.1 Å². The van der Waals surface area contributed by atoms with Crippen LogP contribution in [0.25, 0.3) is 0 Å². The first-order valence-corrected chi connectivity index (χ1v) is 6.91. The van der Waals surface area contributed by atoms with Crippen molar-refractivity contribution in [3.63, 3.8) is 0 Å². The molecule has 0 aliphatic carbocycles. The quantitative estimate of drug-likeness (QED) is 0.865. The first kappa shape index (κ1) is 14.2. The summed E-state index contributed by atoms with van der Waals surface area (Å²) in [6.07, 6.45) is 0. The van der Waals surface area contributed by atoms with Crippen molar-refractivity contribution in [1.82, 2.24) is 10.2 Å². The van der Waals surface area contributed by atoms with E-state index in [9.17, 15) is 0 Å². The molecule has 4 heteroatoms. The molecule has 1 atom stereocenters. The minimum atomic E-state index is 0.491. The molecule has 0 amide bonds. The minimum absolute atomic E-state index is 0.491. The lowest BCUT2D eigenvalue weighted by Gasteiger charge is -2.31. The highest BCUT2D eigenvalue weighted by Gasteiger charge is 2.16. The number of piperazine rings is 1. The average molecular weight is 263 g/mol. The van der Waals surface area contributed by atoms with Gasteiger partial charge in [0, 0.05) is 32.2 Å². The maximum atomic E-state index is 5.45. The van der Waals surface area contributed by atoms with Crippen molar-refractivity contribution in [1.29, 1.82) is 0 Å². The predicted molar refractivity (Wildman–Crippen MR) is 80.2 cm³/mol. The van der Waals surface area contributed by atoms with Gasteiger partial charge in [0.1, 0.15) is 5.75 Å². The molecule has 2 N–H and O–H groups in total. The van der Waals surface area contributed by atoms with E-state index in [1.54, 1.807) is 7.11 Å². The Labute approximate surface area is 116 Å². The Kier molecular flexibility index (Phi) is 4.66. The van der Waals surface area contributed by atoms with E-state index < -0.39 is 0 Å². The van der Waals surface area contributed by atoms with Gasteiger partial charge in [-0.1, -0.05) is 0 Å². The highest BCUT2D eigenvalue weighted by atomic mass is 16.5. The minimum Gasteiger partial charge on any atom is -0.495 e. The van der Waals surface area contributed by atoms with E-state index in [1.807, 2.05) is 0 Å². The average Bonchev–Trinajstić information content (AvgIpc) is 2.39. The molecule has 1 unspecified atom stereocenters. The van der Waals surface area contributed by atoms with Crippen LogP contribution in [-0.2, 0) is 0 Å². The van der Waals surface area contributed by atoms with Gasteiger partial charge in [-0.3, -0.25) is 0 Å². The summed E-state index contributed by atoms with van der Waals surface area (Å²) in [6, 6.07) is 4.75. The molecule has 1 saturated heterocycles. The van der Waals surface area contributed by atoms with Crippen LogP contribution in [0.3, 0.4) is 0 Å². The van der Waals surface area contributed by atoms with E-state index in [2.05, 4.69) is 48.6 Å². The zero-order chi connectivity index (χ0) is 13.8. The fourth-order valence-electron chi connectivity index (χ4n) is 2.46. The monoisotopic (exact) mass is 263 g/mol. The number of ether oxygens (including phenoxy) is 1. The first-order valence-electron chi connectivity index (χ1n) is 6.91. The SMILES string of the molecule is COc1cc(C)c(C)cc1NCC1CN(C)CCN1. The van der Waals surface area contributed by atoms with Crippen LogP contribution >= 0.6 is 0 Å². The molecule has 0 saturated carbocycles. The van der Waals surface area contributed by atoms with Crippen molar-refractivity contribution in [2.24, 2.45) is 0 Å². The highest BCUT2D eigenvalue weighted by molar-refractivity contribution is 5.60. The number of aryl methyl sites for hydroxylation is 2. The third kappa shape index (κ3) is 3.61. The summed E-state index contributed by atoms with van der Waals surface area (Å²) in [6.45, 7) is 8.44. The third-order valence-electron chi connectivity index (χ3n) is 3.81. The number of benzene rings is 1. The second-order valence-electron chi connectivity index (χ2n) is 5.43. The van der Waals surface area contributed by atoms with Crippen LogP contribution in [0.15, 0.2) is 12.1 Å². The second-order valence-corrected chi connectivity index (χ2v) is 5.43. The lowest BCUT2D eigenvalue weighted by atomic mass is 10.1. The van der Waals surface area contributed by atoms with Gasteiger partial charge in [0.15, 0.2) is 0 Å². The molecule has 106 valence electrons. The van der Waals surface area contributed by atoms with Crippen LogP contribution in [0.4, 0.5) is 5.69 Å². The van der Waals surface area contributed by atoms with Crippen LogP contribution in [0.2, 0.25) is 0 Å². The molecule has 19 heavy (non-hydrogen) atoms. The standard InChI is InChI=1S/C15H25N3O/c1-11-7-14(15(19-4)8-12(11)2)17-9-13-10-18(3)6-5-16-13/h7-8,13,16-17H,5-6,9-10H2,1-4H3. The smallest absolute Gasteiger partial charge is 0.142 e. The van der Waals surface area contributed by atoms with Crippen LogP contribution in [-0.4, -0.2) is 51.3 Å². The fraction of sp³-hybridized carbons (Fsp3) is 0.600. The predicted octanol–water partition coefficient (Wildman–Crippen LogP) is 1.63. The van der Waals surface area contributed by atoms with E-state index >= 15 is 0 Å². The molecule has 1 aromatic rings. The maximum absolute atomic E-state index is 5.45. The van der Waals surface area contributed by atoms with Gasteiger partial charge < -0.3 is 20.3 Å². The number of likely N-dealkylation sites (N-methyl/N-ethyl adjacent to an activating group) is 1. The van der Waals surface area contributed by atoms with Crippen molar-refractivity contribution in [2.75, 3.05) is 45.7 Å². The van der Waals surface area contributed by atoms with E-state index in [0.717, 1.165) is 37.6 Å². The largest absolute Gasteiger partial charge is 0.495 e. The van der Waals surface area contributed by atoms with Crippen LogP contribution in [0.1, 0.15) is 11.1 Å². The first-order chi connectivity index (χ1) is 9.10. The Morgan fingerprint density at radius 2 is 2.11 bits per heavy atom. The fourth-order valence-corrected chi connectivity index (χ4v) is 2.46. The molecule has 0 spiro atoms. The summed E-state index contributed by atoms with van der Waals surface area (Å²) >= 11 is 0. The summed E-state index contributed by atoms with van der Waals surface area (Å²) in [5.74, 6) is 0.923. The number of methoxy groups -OCH3 is 1. The van der Waals surface area contributed by atoms with E-state index in [-0.39, 0.29) is 0 Å². The number of rotatable bonds is 4. The summed E-state index contributed by atoms with van der Waals surface area (Å²) in [5.41, 5.74) is 3.63. The zero-order valence-electron chi connectivity index (χ0n) is 12.4. The number of hydrogen-bond acceptors (Lipinski definition) is 4. The van der Waals surface area contributed by atoms with Gasteiger partial charge in [0.05, 0.1) is 12.8 Å². The molecule has 1 heterocycles. The van der Waals surface area contributed by atoms with Gasteiger partial charge in [-0.25, -0.2) is 0 Å². The normalized spacial score (nSPS) is 20.3. The number of anilines is 1. The third-order valence-corrected chi connectivity index (χ3v) is 3.81. The van der Waals surface area contributed by atoms with E-state index in [4.69, 9.17) is 4.74 Å². The lowest BCUT2D eigenvalue weighted by molar-refractivity contribution is 0.244. The zero-order valence-corrected chi connectivity index (χ0v) is 12.4. The number of nitrogens with one attached hydrogen (secondary N) is 2. The maximum Gasteiger partial charge on any atom is 0.142 e. The summed E-state index contributed by atoms with van der Waals surface area (Å²) in [4.78, 5) is 2.36. The summed E-state index contributed by atoms with van der Waals surface area (Å²) in [5, 5.41) is 7.05. The van der Waals surface area contributed by atoms with E-state index in [0.29, 0.717) is 6.04 Å². The van der Waals surface area contributed by atoms with Crippen LogP contribution in [0, 0.1) is 13.8 Å². The van der Waals surface area contributed by atoms with Crippen molar-refractivity contribution in [3.8, 4) is 5.75 Å². The molecule has 1 aromatic carbocycles. The Balaban J connectivity index is 2.00. The molecule has 0 aromatic heterocycles. The molecule has 1 aliphatic heterocycles.